The van der Waals surface area contributed by atoms with Gasteiger partial charge in [-0.2, -0.15) is 0 Å². The molecule has 1 amide bonds. The van der Waals surface area contributed by atoms with Gasteiger partial charge >= 0.3 is 0 Å². The number of Topliss-reactive ketones (excluding diaryl/α,β-unsaturated/α-hetero) is 1. The number of pyridine rings is 1. The third-order valence-electron chi connectivity index (χ3n) is 7.27. The van der Waals surface area contributed by atoms with Crippen LogP contribution in [0, 0.1) is 13.8 Å². The number of imidazole rings is 1. The Bertz CT molecular complexity index is 1420. The second kappa shape index (κ2) is 10.5. The molecule has 0 bridgehead atoms. The Morgan fingerprint density at radius 3 is 2.55 bits per heavy atom. The number of para-hydroxylation sites is 1. The second-order valence-electron chi connectivity index (χ2n) is 9.46. The Hall–Kier alpha value is -3.89. The zero-order valence-corrected chi connectivity index (χ0v) is 22.1. The maximum absolute atomic E-state index is 13.6. The lowest BCUT2D eigenvalue weighted by molar-refractivity contribution is -0.140. The van der Waals surface area contributed by atoms with Crippen molar-refractivity contribution in [1.29, 1.82) is 0 Å². The van der Waals surface area contributed by atoms with Crippen LogP contribution in [0.4, 0.5) is 0 Å². The Kier molecular flexibility index (Phi) is 7.09. The number of ether oxygens (including phenoxy) is 3. The first kappa shape index (κ1) is 25.7. The fourth-order valence-electron chi connectivity index (χ4n) is 5.37. The highest BCUT2D eigenvalue weighted by atomic mass is 16.5. The van der Waals surface area contributed by atoms with E-state index in [1.165, 1.54) is 19.1 Å². The number of aliphatic hydroxyl groups excluding tert-OH is 1. The predicted octanol–water partition coefficient (Wildman–Crippen LogP) is 2.72. The van der Waals surface area contributed by atoms with Gasteiger partial charge in [-0.3, -0.25) is 18.9 Å². The molecular formula is C28H32N4O6. The first-order chi connectivity index (χ1) is 18.4. The van der Waals surface area contributed by atoms with E-state index in [4.69, 9.17) is 14.2 Å². The minimum absolute atomic E-state index is 0.00469. The number of nitrogens with zero attached hydrogens (tertiary/aromatic N) is 4. The molecule has 2 aliphatic heterocycles. The number of hydrogen-bond acceptors (Lipinski definition) is 8. The number of benzene rings is 1. The number of aliphatic hydroxyl groups is 1. The van der Waals surface area contributed by atoms with Crippen LogP contribution in [0.1, 0.15) is 28.6 Å². The second-order valence-corrected chi connectivity index (χ2v) is 9.46. The number of methoxy groups -OCH3 is 2. The molecule has 1 atom stereocenters. The molecule has 0 radical (unpaired) electrons. The molecule has 2 saturated heterocycles. The van der Waals surface area contributed by atoms with Gasteiger partial charge in [0, 0.05) is 37.9 Å². The van der Waals surface area contributed by atoms with Crippen LogP contribution >= 0.6 is 0 Å². The van der Waals surface area contributed by atoms with Gasteiger partial charge in [0.1, 0.15) is 11.3 Å². The average Bonchev–Trinajstić information content (AvgIpc) is 3.40. The van der Waals surface area contributed by atoms with E-state index in [-0.39, 0.29) is 17.9 Å². The van der Waals surface area contributed by atoms with Crippen molar-refractivity contribution in [3.63, 3.8) is 0 Å². The van der Waals surface area contributed by atoms with Crippen molar-refractivity contribution in [2.24, 2.45) is 0 Å². The van der Waals surface area contributed by atoms with Gasteiger partial charge in [0.2, 0.25) is 0 Å². The first-order valence-corrected chi connectivity index (χ1v) is 12.6. The van der Waals surface area contributed by atoms with Crippen LogP contribution in [0.2, 0.25) is 0 Å². The minimum atomic E-state index is -0.879. The summed E-state index contributed by atoms with van der Waals surface area (Å²) in [7, 11) is 3.04. The van der Waals surface area contributed by atoms with E-state index in [1.807, 2.05) is 19.1 Å². The summed E-state index contributed by atoms with van der Waals surface area (Å²) in [4.78, 5) is 35.4. The molecule has 5 rings (SSSR count). The molecule has 10 nitrogen and oxygen atoms in total. The van der Waals surface area contributed by atoms with Crippen molar-refractivity contribution in [2.45, 2.75) is 19.9 Å². The number of amides is 1. The minimum Gasteiger partial charge on any atom is -0.505 e. The van der Waals surface area contributed by atoms with Gasteiger partial charge in [0.05, 0.1) is 44.7 Å². The Morgan fingerprint density at radius 1 is 1.08 bits per heavy atom. The van der Waals surface area contributed by atoms with Crippen LogP contribution in [0.25, 0.3) is 11.4 Å². The number of carbonyl (C=O) groups is 2. The molecule has 200 valence electrons. The number of carbonyl (C=O) groups excluding carboxylic acids is 2. The van der Waals surface area contributed by atoms with Gasteiger partial charge in [-0.1, -0.05) is 18.2 Å². The quantitative estimate of drug-likeness (QED) is 0.288. The Labute approximate surface area is 221 Å². The lowest BCUT2D eigenvalue weighted by Gasteiger charge is -2.31. The van der Waals surface area contributed by atoms with E-state index >= 15 is 0 Å². The largest absolute Gasteiger partial charge is 0.505 e. The highest BCUT2D eigenvalue weighted by Gasteiger charge is 2.48. The lowest BCUT2D eigenvalue weighted by atomic mass is 9.95. The molecule has 2 aromatic heterocycles. The summed E-state index contributed by atoms with van der Waals surface area (Å²) in [5, 5.41) is 11.7. The van der Waals surface area contributed by atoms with E-state index in [0.29, 0.717) is 53.9 Å². The van der Waals surface area contributed by atoms with E-state index in [1.54, 1.807) is 35.7 Å². The highest BCUT2D eigenvalue weighted by molar-refractivity contribution is 6.46. The topological polar surface area (TPSA) is 106 Å². The maximum Gasteiger partial charge on any atom is 0.295 e. The fourth-order valence-corrected chi connectivity index (χ4v) is 5.37. The number of fused-ring (bicyclic) bond motifs is 1. The van der Waals surface area contributed by atoms with Crippen molar-refractivity contribution in [3.8, 4) is 11.5 Å². The number of hydrogen-bond donors (Lipinski definition) is 1. The average molecular weight is 521 g/mol. The molecule has 10 heteroatoms. The van der Waals surface area contributed by atoms with Gasteiger partial charge in [-0.05, 0) is 31.5 Å². The van der Waals surface area contributed by atoms with Crippen molar-refractivity contribution >= 4 is 23.1 Å². The van der Waals surface area contributed by atoms with Crippen LogP contribution in [0.15, 0.2) is 42.1 Å². The van der Waals surface area contributed by atoms with Crippen LogP contribution in [0.3, 0.4) is 0 Å². The molecule has 0 aliphatic carbocycles. The predicted molar refractivity (Wildman–Crippen MR) is 140 cm³/mol. The van der Waals surface area contributed by atoms with Crippen molar-refractivity contribution < 1.29 is 28.9 Å². The van der Waals surface area contributed by atoms with E-state index in [2.05, 4.69) is 9.88 Å². The zero-order chi connectivity index (χ0) is 27.0. The van der Waals surface area contributed by atoms with Gasteiger partial charge < -0.3 is 24.2 Å². The number of likely N-dealkylation sites (tertiary alicyclic amines) is 1. The van der Waals surface area contributed by atoms with Gasteiger partial charge in [-0.25, -0.2) is 4.98 Å². The Balaban J connectivity index is 1.68. The third kappa shape index (κ3) is 4.29. The number of rotatable bonds is 7. The summed E-state index contributed by atoms with van der Waals surface area (Å²) >= 11 is 0. The van der Waals surface area contributed by atoms with Crippen LogP contribution < -0.4 is 9.47 Å². The monoisotopic (exact) mass is 520 g/mol. The smallest absolute Gasteiger partial charge is 0.295 e. The standard InChI is InChI=1S/C28H32N4O6/c1-17-7-6-10-31-22(18(2)29-27(17)31)24(33)21-23(19-8-5-9-20(36-3)26(19)37-4)32(28(35)25(21)34)12-11-30-13-15-38-16-14-30/h5-10,23,33H,11-16H2,1-4H3/b24-21+/t23-/m1/s1. The molecule has 0 spiro atoms. The molecule has 3 aromatic rings. The molecule has 0 saturated carbocycles. The molecule has 1 N–H and O–H groups in total. The summed E-state index contributed by atoms with van der Waals surface area (Å²) in [5.74, 6) is -0.832. The maximum atomic E-state index is 13.6. The van der Waals surface area contributed by atoms with E-state index in [9.17, 15) is 14.7 Å². The summed E-state index contributed by atoms with van der Waals surface area (Å²) < 4.78 is 18.4. The third-order valence-corrected chi connectivity index (χ3v) is 7.27. The number of morpholine rings is 1. The summed E-state index contributed by atoms with van der Waals surface area (Å²) in [6.45, 7) is 7.30. The molecule has 2 aliphatic rings. The highest BCUT2D eigenvalue weighted by Crippen LogP contribution is 2.45. The van der Waals surface area contributed by atoms with E-state index in [0.717, 1.165) is 18.7 Å². The summed E-state index contributed by atoms with van der Waals surface area (Å²) in [6.07, 6.45) is 1.78. The fraction of sp³-hybridized carbons (Fsp3) is 0.393. The van der Waals surface area contributed by atoms with Crippen molar-refractivity contribution in [3.05, 3.63) is 64.6 Å². The van der Waals surface area contributed by atoms with Crippen LogP contribution in [0.5, 0.6) is 11.5 Å². The molecule has 1 aromatic carbocycles. The molecule has 0 unspecified atom stereocenters. The molecule has 38 heavy (non-hydrogen) atoms. The van der Waals surface area contributed by atoms with Crippen LogP contribution in [-0.4, -0.2) is 89.6 Å². The summed E-state index contributed by atoms with van der Waals surface area (Å²) in [5.41, 5.74) is 3.07. The van der Waals surface area contributed by atoms with Crippen LogP contribution in [-0.2, 0) is 14.3 Å². The number of aromatic nitrogens is 2. The SMILES string of the molecule is COc1cccc([C@@H]2/C(=C(\O)c3c(C)nc4c(C)cccn34)C(=O)C(=O)N2CCN2CCOCC2)c1OC. The van der Waals surface area contributed by atoms with Gasteiger partial charge in [0.15, 0.2) is 17.3 Å². The van der Waals surface area contributed by atoms with Crippen molar-refractivity contribution in [2.75, 3.05) is 53.6 Å². The normalized spacial score (nSPS) is 19.9. The van der Waals surface area contributed by atoms with E-state index < -0.39 is 17.7 Å². The molecule has 2 fully saturated rings. The van der Waals surface area contributed by atoms with Gasteiger partial charge in [-0.15, -0.1) is 0 Å². The molecular weight excluding hydrogens is 488 g/mol. The van der Waals surface area contributed by atoms with Gasteiger partial charge in [0.25, 0.3) is 11.7 Å². The number of ketones is 1. The lowest BCUT2D eigenvalue weighted by Crippen LogP contribution is -2.42. The zero-order valence-electron chi connectivity index (χ0n) is 22.1. The first-order valence-electron chi connectivity index (χ1n) is 12.6. The number of aryl methyl sites for hydroxylation is 2. The summed E-state index contributed by atoms with van der Waals surface area (Å²) in [6, 6.07) is 8.22. The van der Waals surface area contributed by atoms with Crippen molar-refractivity contribution in [1.82, 2.24) is 19.2 Å². The molecule has 4 heterocycles. The Morgan fingerprint density at radius 2 is 1.84 bits per heavy atom.